The molecule has 1 unspecified atom stereocenters. The predicted molar refractivity (Wildman–Crippen MR) is 88.0 cm³/mol. The van der Waals surface area contributed by atoms with E-state index < -0.39 is 0 Å². The number of methoxy groups -OCH3 is 1. The first-order valence-corrected chi connectivity index (χ1v) is 7.90. The SMILES string of the molecule is COc1cccc(C(CNC(=O)[C@@H]2CCCNC2)N(C)C)c1. The fraction of sp³-hybridized carbons (Fsp3) is 0.588. The Bertz CT molecular complexity index is 485. The quantitative estimate of drug-likeness (QED) is 0.834. The Labute approximate surface area is 133 Å². The van der Waals surface area contributed by atoms with E-state index in [0.717, 1.165) is 37.2 Å². The molecular weight excluding hydrogens is 278 g/mol. The lowest BCUT2D eigenvalue weighted by molar-refractivity contribution is -0.125. The van der Waals surface area contributed by atoms with Crippen LogP contribution in [-0.4, -0.2) is 51.6 Å². The highest BCUT2D eigenvalue weighted by Crippen LogP contribution is 2.22. The number of rotatable bonds is 6. The second-order valence-corrected chi connectivity index (χ2v) is 6.04. The number of ether oxygens (including phenoxy) is 1. The molecule has 0 saturated carbocycles. The van der Waals surface area contributed by atoms with Gasteiger partial charge in [-0.2, -0.15) is 0 Å². The van der Waals surface area contributed by atoms with Gasteiger partial charge in [-0.3, -0.25) is 4.79 Å². The molecule has 0 radical (unpaired) electrons. The van der Waals surface area contributed by atoms with Crippen molar-refractivity contribution in [2.24, 2.45) is 5.92 Å². The Morgan fingerprint density at radius 3 is 2.95 bits per heavy atom. The summed E-state index contributed by atoms with van der Waals surface area (Å²) in [6.07, 6.45) is 2.05. The zero-order chi connectivity index (χ0) is 15.9. The van der Waals surface area contributed by atoms with Crippen LogP contribution in [0.2, 0.25) is 0 Å². The third kappa shape index (κ3) is 4.45. The van der Waals surface area contributed by atoms with Gasteiger partial charge < -0.3 is 20.3 Å². The van der Waals surface area contributed by atoms with Gasteiger partial charge in [-0.05, 0) is 51.2 Å². The van der Waals surface area contributed by atoms with Gasteiger partial charge in [-0.15, -0.1) is 0 Å². The van der Waals surface area contributed by atoms with Crippen LogP contribution in [0.15, 0.2) is 24.3 Å². The fourth-order valence-corrected chi connectivity index (χ4v) is 2.86. The molecule has 0 aromatic heterocycles. The zero-order valence-electron chi connectivity index (χ0n) is 13.8. The highest BCUT2D eigenvalue weighted by Gasteiger charge is 2.22. The molecule has 1 amide bonds. The van der Waals surface area contributed by atoms with Crippen LogP contribution in [-0.2, 0) is 4.79 Å². The van der Waals surface area contributed by atoms with Gasteiger partial charge in [0.15, 0.2) is 0 Å². The lowest BCUT2D eigenvalue weighted by Crippen LogP contribution is -2.43. The van der Waals surface area contributed by atoms with E-state index in [1.807, 2.05) is 32.3 Å². The molecule has 1 heterocycles. The summed E-state index contributed by atoms with van der Waals surface area (Å²) >= 11 is 0. The Morgan fingerprint density at radius 1 is 1.50 bits per heavy atom. The Kier molecular flexibility index (Phi) is 6.21. The first kappa shape index (κ1) is 16.8. The zero-order valence-corrected chi connectivity index (χ0v) is 13.8. The van der Waals surface area contributed by atoms with Gasteiger partial charge in [0.05, 0.1) is 19.1 Å². The molecule has 2 atom stereocenters. The van der Waals surface area contributed by atoms with Crippen LogP contribution in [0.25, 0.3) is 0 Å². The van der Waals surface area contributed by atoms with Crippen LogP contribution in [0, 0.1) is 5.92 Å². The van der Waals surface area contributed by atoms with Gasteiger partial charge in [-0.1, -0.05) is 12.1 Å². The monoisotopic (exact) mass is 305 g/mol. The van der Waals surface area contributed by atoms with E-state index in [-0.39, 0.29) is 17.9 Å². The molecule has 122 valence electrons. The molecule has 1 saturated heterocycles. The molecule has 1 fully saturated rings. The maximum absolute atomic E-state index is 12.3. The Hall–Kier alpha value is -1.59. The molecule has 5 heteroatoms. The lowest BCUT2D eigenvalue weighted by Gasteiger charge is -2.27. The number of hydrogen-bond acceptors (Lipinski definition) is 4. The molecule has 0 spiro atoms. The maximum Gasteiger partial charge on any atom is 0.224 e. The molecule has 2 N–H and O–H groups in total. The van der Waals surface area contributed by atoms with Crippen LogP contribution in [0.4, 0.5) is 0 Å². The summed E-state index contributed by atoms with van der Waals surface area (Å²) < 4.78 is 5.29. The highest BCUT2D eigenvalue weighted by atomic mass is 16.5. The number of carbonyl (C=O) groups is 1. The van der Waals surface area contributed by atoms with E-state index >= 15 is 0 Å². The van der Waals surface area contributed by atoms with Gasteiger partial charge in [0.25, 0.3) is 0 Å². The molecule has 1 aromatic rings. The summed E-state index contributed by atoms with van der Waals surface area (Å²) in [5, 5.41) is 6.39. The first-order chi connectivity index (χ1) is 10.6. The molecule has 22 heavy (non-hydrogen) atoms. The van der Waals surface area contributed by atoms with Gasteiger partial charge in [0, 0.05) is 13.1 Å². The number of nitrogens with zero attached hydrogens (tertiary/aromatic N) is 1. The second kappa shape index (κ2) is 8.15. The molecule has 0 aliphatic carbocycles. The topological polar surface area (TPSA) is 53.6 Å². The highest BCUT2D eigenvalue weighted by molar-refractivity contribution is 5.79. The van der Waals surface area contributed by atoms with Crippen molar-refractivity contribution in [3.8, 4) is 5.75 Å². The number of hydrogen-bond donors (Lipinski definition) is 2. The van der Waals surface area contributed by atoms with Crippen molar-refractivity contribution < 1.29 is 9.53 Å². The summed E-state index contributed by atoms with van der Waals surface area (Å²) in [7, 11) is 5.72. The minimum absolute atomic E-state index is 0.0990. The Balaban J connectivity index is 1.97. The molecule has 0 bridgehead atoms. The van der Waals surface area contributed by atoms with Crippen LogP contribution < -0.4 is 15.4 Å². The van der Waals surface area contributed by atoms with Crippen LogP contribution in [0.5, 0.6) is 5.75 Å². The van der Waals surface area contributed by atoms with Gasteiger partial charge in [0.1, 0.15) is 5.75 Å². The third-order valence-corrected chi connectivity index (χ3v) is 4.24. The fourth-order valence-electron chi connectivity index (χ4n) is 2.86. The summed E-state index contributed by atoms with van der Waals surface area (Å²) in [6.45, 7) is 2.42. The predicted octanol–water partition coefficient (Wildman–Crippen LogP) is 1.41. The van der Waals surface area contributed by atoms with E-state index in [0.29, 0.717) is 6.54 Å². The van der Waals surface area contributed by atoms with E-state index in [1.54, 1.807) is 7.11 Å². The van der Waals surface area contributed by atoms with Crippen molar-refractivity contribution in [3.05, 3.63) is 29.8 Å². The number of carbonyl (C=O) groups excluding carboxylic acids is 1. The molecule has 1 aliphatic rings. The molecule has 1 aromatic carbocycles. The number of piperidine rings is 1. The Morgan fingerprint density at radius 2 is 2.32 bits per heavy atom. The molecule has 5 nitrogen and oxygen atoms in total. The number of benzene rings is 1. The van der Waals surface area contributed by atoms with Crippen LogP contribution in [0.3, 0.4) is 0 Å². The number of amides is 1. The van der Waals surface area contributed by atoms with E-state index in [9.17, 15) is 4.79 Å². The molecule has 2 rings (SSSR count). The average molecular weight is 305 g/mol. The van der Waals surface area contributed by atoms with E-state index in [2.05, 4.69) is 21.6 Å². The normalized spacial score (nSPS) is 19.7. The van der Waals surface area contributed by atoms with Crippen molar-refractivity contribution in [2.45, 2.75) is 18.9 Å². The second-order valence-electron chi connectivity index (χ2n) is 6.04. The number of nitrogens with one attached hydrogen (secondary N) is 2. The number of likely N-dealkylation sites (N-methyl/N-ethyl adjacent to an activating group) is 1. The standard InChI is InChI=1S/C17H27N3O2/c1-20(2)16(13-6-4-8-15(10-13)22-3)12-19-17(21)14-7-5-9-18-11-14/h4,6,8,10,14,16,18H,5,7,9,11-12H2,1-3H3,(H,19,21)/t14-,16?/m1/s1. The third-order valence-electron chi connectivity index (χ3n) is 4.24. The minimum Gasteiger partial charge on any atom is -0.497 e. The molecule has 1 aliphatic heterocycles. The van der Waals surface area contributed by atoms with Crippen molar-refractivity contribution in [1.82, 2.24) is 15.5 Å². The average Bonchev–Trinajstić information content (AvgIpc) is 2.55. The van der Waals surface area contributed by atoms with E-state index in [4.69, 9.17) is 4.74 Å². The van der Waals surface area contributed by atoms with Crippen molar-refractivity contribution in [2.75, 3.05) is 40.8 Å². The van der Waals surface area contributed by atoms with Gasteiger partial charge in [0.2, 0.25) is 5.91 Å². The van der Waals surface area contributed by atoms with Crippen molar-refractivity contribution in [1.29, 1.82) is 0 Å². The smallest absolute Gasteiger partial charge is 0.224 e. The van der Waals surface area contributed by atoms with Gasteiger partial charge in [-0.25, -0.2) is 0 Å². The summed E-state index contributed by atoms with van der Waals surface area (Å²) in [4.78, 5) is 14.4. The first-order valence-electron chi connectivity index (χ1n) is 7.90. The van der Waals surface area contributed by atoms with Crippen LogP contribution >= 0.6 is 0 Å². The van der Waals surface area contributed by atoms with E-state index in [1.165, 1.54) is 0 Å². The summed E-state index contributed by atoms with van der Waals surface area (Å²) in [6, 6.07) is 8.15. The summed E-state index contributed by atoms with van der Waals surface area (Å²) in [5.74, 6) is 1.09. The molecular formula is C17H27N3O2. The van der Waals surface area contributed by atoms with Crippen molar-refractivity contribution in [3.63, 3.8) is 0 Å². The summed E-state index contributed by atoms with van der Waals surface area (Å²) in [5.41, 5.74) is 1.14. The lowest BCUT2D eigenvalue weighted by atomic mass is 9.98. The van der Waals surface area contributed by atoms with Crippen molar-refractivity contribution >= 4 is 5.91 Å². The van der Waals surface area contributed by atoms with Crippen LogP contribution in [0.1, 0.15) is 24.4 Å². The minimum atomic E-state index is 0.0990. The largest absolute Gasteiger partial charge is 0.497 e. The maximum atomic E-state index is 12.3. The van der Waals surface area contributed by atoms with Gasteiger partial charge >= 0.3 is 0 Å².